The van der Waals surface area contributed by atoms with Gasteiger partial charge in [-0.05, 0) is 31.2 Å². The van der Waals surface area contributed by atoms with Crippen molar-refractivity contribution in [2.24, 2.45) is 0 Å². The molecule has 1 aliphatic rings. The number of anilines is 1. The summed E-state index contributed by atoms with van der Waals surface area (Å²) in [5.74, 6) is -0.535. The van der Waals surface area contributed by atoms with E-state index in [1.807, 2.05) is 24.3 Å². The van der Waals surface area contributed by atoms with Gasteiger partial charge in [-0.25, -0.2) is 0 Å². The minimum absolute atomic E-state index is 0.139. The molecular weight excluding hydrogens is 382 g/mol. The standard InChI is InChI=1S/C24H17NO3S/c1-14(2)24(28)25-15-7-5-8-16(13-15)29-20-12-6-11-19-21(20)23(27)18-10-4-3-9-17(18)22(19)26/h3-13H,1H2,2H3,(H,25,28). The molecule has 0 saturated heterocycles. The van der Waals surface area contributed by atoms with E-state index in [2.05, 4.69) is 11.9 Å². The number of hydrogen-bond acceptors (Lipinski definition) is 4. The summed E-state index contributed by atoms with van der Waals surface area (Å²) in [5, 5.41) is 2.79. The van der Waals surface area contributed by atoms with E-state index in [0.29, 0.717) is 38.4 Å². The number of carbonyl (C=O) groups excluding carboxylic acids is 3. The summed E-state index contributed by atoms with van der Waals surface area (Å²) in [4.78, 5) is 39.4. The van der Waals surface area contributed by atoms with Crippen LogP contribution in [0.4, 0.5) is 5.69 Å². The van der Waals surface area contributed by atoms with Crippen molar-refractivity contribution in [2.45, 2.75) is 16.7 Å². The zero-order valence-electron chi connectivity index (χ0n) is 15.7. The Morgan fingerprint density at radius 2 is 1.52 bits per heavy atom. The topological polar surface area (TPSA) is 63.2 Å². The van der Waals surface area contributed by atoms with Crippen LogP contribution < -0.4 is 5.32 Å². The number of benzene rings is 3. The third-order valence-corrected chi connectivity index (χ3v) is 5.67. The largest absolute Gasteiger partial charge is 0.322 e. The van der Waals surface area contributed by atoms with E-state index < -0.39 is 0 Å². The molecule has 5 heteroatoms. The fourth-order valence-electron chi connectivity index (χ4n) is 3.20. The van der Waals surface area contributed by atoms with Crippen LogP contribution in [0.5, 0.6) is 0 Å². The lowest BCUT2D eigenvalue weighted by Crippen LogP contribution is -2.21. The second-order valence-electron chi connectivity index (χ2n) is 6.75. The molecule has 4 nitrogen and oxygen atoms in total. The number of nitrogens with one attached hydrogen (secondary N) is 1. The van der Waals surface area contributed by atoms with E-state index in [0.717, 1.165) is 4.90 Å². The van der Waals surface area contributed by atoms with Gasteiger partial charge in [-0.3, -0.25) is 14.4 Å². The molecule has 0 aliphatic heterocycles. The number of rotatable bonds is 4. The van der Waals surface area contributed by atoms with Gasteiger partial charge in [0.15, 0.2) is 11.6 Å². The highest BCUT2D eigenvalue weighted by molar-refractivity contribution is 7.99. The predicted molar refractivity (Wildman–Crippen MR) is 114 cm³/mol. The SMILES string of the molecule is C=C(C)C(=O)Nc1cccc(Sc2cccc3c2C(=O)c2ccccc2C3=O)c1. The Bertz CT molecular complexity index is 1200. The first-order valence-electron chi connectivity index (χ1n) is 9.02. The smallest absolute Gasteiger partial charge is 0.250 e. The number of ketones is 2. The van der Waals surface area contributed by atoms with Gasteiger partial charge in [-0.1, -0.05) is 60.8 Å². The Labute approximate surface area is 172 Å². The summed E-state index contributed by atoms with van der Waals surface area (Å²) < 4.78 is 0. The Hall–Kier alpha value is -3.44. The minimum Gasteiger partial charge on any atom is -0.322 e. The fourth-order valence-corrected chi connectivity index (χ4v) is 4.24. The van der Waals surface area contributed by atoms with Gasteiger partial charge in [0.1, 0.15) is 0 Å². The zero-order valence-corrected chi connectivity index (χ0v) is 16.5. The van der Waals surface area contributed by atoms with Crippen molar-refractivity contribution < 1.29 is 14.4 Å². The molecule has 0 saturated carbocycles. The van der Waals surface area contributed by atoms with Crippen LogP contribution in [0.2, 0.25) is 0 Å². The maximum Gasteiger partial charge on any atom is 0.250 e. The monoisotopic (exact) mass is 399 g/mol. The van der Waals surface area contributed by atoms with Crippen LogP contribution in [0, 0.1) is 0 Å². The molecule has 0 aromatic heterocycles. The van der Waals surface area contributed by atoms with Gasteiger partial charge < -0.3 is 5.32 Å². The molecule has 3 aromatic rings. The molecule has 0 bridgehead atoms. The lowest BCUT2D eigenvalue weighted by atomic mass is 9.84. The Morgan fingerprint density at radius 3 is 2.24 bits per heavy atom. The van der Waals surface area contributed by atoms with Crippen LogP contribution in [0.3, 0.4) is 0 Å². The summed E-state index contributed by atoms with van der Waals surface area (Å²) in [7, 11) is 0. The molecule has 1 aliphatic carbocycles. The molecule has 142 valence electrons. The Morgan fingerprint density at radius 1 is 0.862 bits per heavy atom. The van der Waals surface area contributed by atoms with Crippen molar-refractivity contribution in [1.29, 1.82) is 0 Å². The molecule has 1 N–H and O–H groups in total. The van der Waals surface area contributed by atoms with E-state index in [1.165, 1.54) is 11.8 Å². The number of carbonyl (C=O) groups is 3. The highest BCUT2D eigenvalue weighted by atomic mass is 32.2. The molecule has 1 amide bonds. The Balaban J connectivity index is 1.70. The van der Waals surface area contributed by atoms with Crippen molar-refractivity contribution in [3.05, 3.63) is 101 Å². The molecule has 0 heterocycles. The van der Waals surface area contributed by atoms with Crippen molar-refractivity contribution >= 4 is 34.9 Å². The lowest BCUT2D eigenvalue weighted by Gasteiger charge is -2.19. The highest BCUT2D eigenvalue weighted by Gasteiger charge is 2.31. The van der Waals surface area contributed by atoms with Crippen LogP contribution in [-0.2, 0) is 4.79 Å². The first kappa shape index (κ1) is 18.9. The molecule has 0 unspecified atom stereocenters. The van der Waals surface area contributed by atoms with E-state index in [-0.39, 0.29) is 17.5 Å². The fraction of sp³-hybridized carbons (Fsp3) is 0.0417. The van der Waals surface area contributed by atoms with Gasteiger partial charge in [-0.2, -0.15) is 0 Å². The van der Waals surface area contributed by atoms with Gasteiger partial charge in [0, 0.05) is 43.3 Å². The molecule has 29 heavy (non-hydrogen) atoms. The predicted octanol–water partition coefficient (Wildman–Crippen LogP) is 5.13. The highest BCUT2D eigenvalue weighted by Crippen LogP contribution is 2.37. The second-order valence-corrected chi connectivity index (χ2v) is 7.86. The van der Waals surface area contributed by atoms with Crippen molar-refractivity contribution in [1.82, 2.24) is 0 Å². The van der Waals surface area contributed by atoms with Crippen LogP contribution in [0.25, 0.3) is 0 Å². The van der Waals surface area contributed by atoms with Crippen LogP contribution in [0.1, 0.15) is 38.8 Å². The summed E-state index contributed by atoms with van der Waals surface area (Å²) in [6, 6.07) is 19.5. The molecular formula is C24H17NO3S. The molecule has 0 atom stereocenters. The van der Waals surface area contributed by atoms with E-state index in [4.69, 9.17) is 0 Å². The average Bonchev–Trinajstić information content (AvgIpc) is 2.72. The summed E-state index contributed by atoms with van der Waals surface area (Å²) >= 11 is 1.39. The van der Waals surface area contributed by atoms with Crippen molar-refractivity contribution in [2.75, 3.05) is 5.32 Å². The van der Waals surface area contributed by atoms with Gasteiger partial charge in [0.2, 0.25) is 0 Å². The first-order chi connectivity index (χ1) is 14.0. The number of fused-ring (bicyclic) bond motifs is 2. The molecule has 4 rings (SSSR count). The van der Waals surface area contributed by atoms with Gasteiger partial charge in [0.25, 0.3) is 5.91 Å². The summed E-state index contributed by atoms with van der Waals surface area (Å²) in [6.45, 7) is 5.28. The normalized spacial score (nSPS) is 12.2. The summed E-state index contributed by atoms with van der Waals surface area (Å²) in [6.07, 6.45) is 0. The van der Waals surface area contributed by atoms with Crippen molar-refractivity contribution in [3.8, 4) is 0 Å². The quantitative estimate of drug-likeness (QED) is 0.483. The number of amides is 1. The van der Waals surface area contributed by atoms with E-state index in [9.17, 15) is 14.4 Å². The van der Waals surface area contributed by atoms with Crippen LogP contribution >= 0.6 is 11.8 Å². The van der Waals surface area contributed by atoms with E-state index in [1.54, 1.807) is 49.4 Å². The molecule has 0 spiro atoms. The van der Waals surface area contributed by atoms with Gasteiger partial charge in [0.05, 0.1) is 0 Å². The van der Waals surface area contributed by atoms with Crippen molar-refractivity contribution in [3.63, 3.8) is 0 Å². The van der Waals surface area contributed by atoms with E-state index >= 15 is 0 Å². The van der Waals surface area contributed by atoms with Crippen LogP contribution in [0.15, 0.2) is 88.7 Å². The maximum absolute atomic E-state index is 13.1. The zero-order chi connectivity index (χ0) is 20.5. The Kier molecular flexibility index (Phi) is 4.91. The average molecular weight is 399 g/mol. The van der Waals surface area contributed by atoms with Gasteiger partial charge >= 0.3 is 0 Å². The first-order valence-corrected chi connectivity index (χ1v) is 9.83. The molecule has 0 radical (unpaired) electrons. The number of hydrogen-bond donors (Lipinski definition) is 1. The van der Waals surface area contributed by atoms with Gasteiger partial charge in [-0.15, -0.1) is 0 Å². The maximum atomic E-state index is 13.1. The molecule has 3 aromatic carbocycles. The minimum atomic E-state index is -0.248. The third-order valence-electron chi connectivity index (χ3n) is 4.62. The molecule has 0 fully saturated rings. The lowest BCUT2D eigenvalue weighted by molar-refractivity contribution is -0.112. The summed E-state index contributed by atoms with van der Waals surface area (Å²) in [5.41, 5.74) is 2.78. The second kappa shape index (κ2) is 7.53. The third kappa shape index (κ3) is 3.52. The van der Waals surface area contributed by atoms with Crippen LogP contribution in [-0.4, -0.2) is 17.5 Å².